The molecule has 1 aromatic heterocycles. The highest BCUT2D eigenvalue weighted by atomic mass is 32.2. The van der Waals surface area contributed by atoms with Crippen LogP contribution in [0.1, 0.15) is 45.3 Å². The minimum absolute atomic E-state index is 0.505. The van der Waals surface area contributed by atoms with Gasteiger partial charge < -0.3 is 9.88 Å². The normalized spacial score (nSPS) is 12.7. The summed E-state index contributed by atoms with van der Waals surface area (Å²) in [6, 6.07) is 0.505. The average Bonchev–Trinajstić information content (AvgIpc) is 2.68. The number of imidazole rings is 1. The summed E-state index contributed by atoms with van der Waals surface area (Å²) in [5, 5.41) is 3.43. The summed E-state index contributed by atoms with van der Waals surface area (Å²) in [7, 11) is 0. The predicted octanol–water partition coefficient (Wildman–Crippen LogP) is 3.72. The zero-order valence-corrected chi connectivity index (χ0v) is 12.3. The molecule has 0 spiro atoms. The second kappa shape index (κ2) is 7.64. The van der Waals surface area contributed by atoms with E-state index in [1.807, 2.05) is 11.8 Å². The third-order valence-electron chi connectivity index (χ3n) is 2.70. The summed E-state index contributed by atoms with van der Waals surface area (Å²) in [6.07, 6.45) is 4.56. The van der Waals surface area contributed by atoms with E-state index in [-0.39, 0.29) is 0 Å². The Morgan fingerprint density at radius 3 is 2.88 bits per heavy atom. The van der Waals surface area contributed by atoms with E-state index in [0.29, 0.717) is 6.04 Å². The van der Waals surface area contributed by atoms with Gasteiger partial charge >= 0.3 is 0 Å². The van der Waals surface area contributed by atoms with Crippen LogP contribution in [-0.2, 0) is 0 Å². The molecular formula is C13H25N3S. The van der Waals surface area contributed by atoms with E-state index >= 15 is 0 Å². The van der Waals surface area contributed by atoms with Crippen molar-refractivity contribution >= 4 is 17.7 Å². The van der Waals surface area contributed by atoms with Crippen LogP contribution in [0.15, 0.2) is 6.20 Å². The van der Waals surface area contributed by atoms with Gasteiger partial charge in [0.05, 0.1) is 5.69 Å². The number of anilines is 1. The lowest BCUT2D eigenvalue weighted by Gasteiger charge is -2.16. The lowest BCUT2D eigenvalue weighted by Crippen LogP contribution is -2.13. The predicted molar refractivity (Wildman–Crippen MR) is 78.1 cm³/mol. The Bertz CT molecular complexity index is 322. The molecule has 0 aliphatic rings. The van der Waals surface area contributed by atoms with E-state index in [2.05, 4.69) is 48.8 Å². The number of hydrogen-bond donors (Lipinski definition) is 1. The van der Waals surface area contributed by atoms with Gasteiger partial charge in [0.1, 0.15) is 0 Å². The minimum atomic E-state index is 0.505. The van der Waals surface area contributed by atoms with E-state index in [9.17, 15) is 0 Å². The Morgan fingerprint density at radius 1 is 1.47 bits per heavy atom. The van der Waals surface area contributed by atoms with E-state index in [1.165, 1.54) is 18.6 Å². The first kappa shape index (κ1) is 14.4. The molecule has 1 aromatic rings. The number of nitrogens with zero attached hydrogens (tertiary/aromatic N) is 2. The second-order valence-electron chi connectivity index (χ2n) is 4.40. The first-order valence-corrected chi connectivity index (χ1v) is 7.71. The SMILES string of the molecule is CCCCNc1nc(C)cn1C(C)CSCC. The van der Waals surface area contributed by atoms with Crippen molar-refractivity contribution < 1.29 is 0 Å². The highest BCUT2D eigenvalue weighted by Gasteiger charge is 2.11. The van der Waals surface area contributed by atoms with Gasteiger partial charge in [-0.25, -0.2) is 4.98 Å². The van der Waals surface area contributed by atoms with Crippen LogP contribution in [0.25, 0.3) is 0 Å². The van der Waals surface area contributed by atoms with Crippen molar-refractivity contribution in [3.63, 3.8) is 0 Å². The Hall–Kier alpha value is -0.640. The van der Waals surface area contributed by atoms with Gasteiger partial charge in [-0.05, 0) is 26.0 Å². The van der Waals surface area contributed by atoms with Gasteiger partial charge in [0, 0.05) is 24.5 Å². The molecule has 1 N–H and O–H groups in total. The van der Waals surface area contributed by atoms with Crippen LogP contribution in [0.2, 0.25) is 0 Å². The van der Waals surface area contributed by atoms with Gasteiger partial charge in [0.25, 0.3) is 0 Å². The molecule has 98 valence electrons. The number of rotatable bonds is 8. The number of nitrogens with one attached hydrogen (secondary N) is 1. The zero-order valence-electron chi connectivity index (χ0n) is 11.5. The van der Waals surface area contributed by atoms with Crippen LogP contribution in [0.3, 0.4) is 0 Å². The summed E-state index contributed by atoms with van der Waals surface area (Å²) in [4.78, 5) is 4.55. The van der Waals surface area contributed by atoms with Crippen molar-refractivity contribution in [3.8, 4) is 0 Å². The Morgan fingerprint density at radius 2 is 2.24 bits per heavy atom. The topological polar surface area (TPSA) is 29.9 Å². The minimum Gasteiger partial charge on any atom is -0.356 e. The van der Waals surface area contributed by atoms with Gasteiger partial charge in [0.15, 0.2) is 0 Å². The molecule has 0 amide bonds. The highest BCUT2D eigenvalue weighted by molar-refractivity contribution is 7.99. The summed E-state index contributed by atoms with van der Waals surface area (Å²) in [6.45, 7) is 9.74. The Kier molecular flexibility index (Phi) is 6.48. The summed E-state index contributed by atoms with van der Waals surface area (Å²) >= 11 is 1.98. The number of aryl methyl sites for hydroxylation is 1. The van der Waals surface area contributed by atoms with Crippen LogP contribution in [0.5, 0.6) is 0 Å². The third kappa shape index (κ3) is 4.62. The maximum Gasteiger partial charge on any atom is 0.203 e. The van der Waals surface area contributed by atoms with Crippen LogP contribution >= 0.6 is 11.8 Å². The lowest BCUT2D eigenvalue weighted by atomic mass is 10.3. The third-order valence-corrected chi connectivity index (χ3v) is 3.83. The quantitative estimate of drug-likeness (QED) is 0.718. The molecule has 0 bridgehead atoms. The van der Waals surface area contributed by atoms with Crippen molar-refractivity contribution in [2.45, 2.75) is 46.6 Å². The van der Waals surface area contributed by atoms with E-state index < -0.39 is 0 Å². The zero-order chi connectivity index (χ0) is 12.7. The molecule has 1 atom stereocenters. The smallest absolute Gasteiger partial charge is 0.203 e. The molecule has 1 heterocycles. The van der Waals surface area contributed by atoms with E-state index in [4.69, 9.17) is 0 Å². The maximum atomic E-state index is 4.55. The van der Waals surface area contributed by atoms with Crippen LogP contribution < -0.4 is 5.32 Å². The van der Waals surface area contributed by atoms with E-state index in [1.54, 1.807) is 0 Å². The number of unbranched alkanes of at least 4 members (excludes halogenated alkanes) is 1. The average molecular weight is 255 g/mol. The molecule has 3 nitrogen and oxygen atoms in total. The molecule has 0 aliphatic carbocycles. The van der Waals surface area contributed by atoms with Gasteiger partial charge in [0.2, 0.25) is 5.95 Å². The monoisotopic (exact) mass is 255 g/mol. The largest absolute Gasteiger partial charge is 0.356 e. The summed E-state index contributed by atoms with van der Waals surface area (Å²) in [5.74, 6) is 3.35. The second-order valence-corrected chi connectivity index (χ2v) is 5.72. The first-order valence-electron chi connectivity index (χ1n) is 6.56. The standard InChI is InChI=1S/C13H25N3S/c1-5-7-8-14-13-15-11(3)9-16(13)12(4)10-17-6-2/h9,12H,5-8,10H2,1-4H3,(H,14,15). The Balaban J connectivity index is 2.62. The van der Waals surface area contributed by atoms with Crippen LogP contribution in [-0.4, -0.2) is 27.6 Å². The fourth-order valence-corrected chi connectivity index (χ4v) is 2.47. The van der Waals surface area contributed by atoms with Crippen molar-refractivity contribution in [3.05, 3.63) is 11.9 Å². The fourth-order valence-electron chi connectivity index (χ4n) is 1.73. The first-order chi connectivity index (χ1) is 8.19. The molecule has 0 saturated heterocycles. The van der Waals surface area contributed by atoms with Crippen molar-refractivity contribution in [1.29, 1.82) is 0 Å². The maximum absolute atomic E-state index is 4.55. The van der Waals surface area contributed by atoms with Crippen molar-refractivity contribution in [1.82, 2.24) is 9.55 Å². The van der Waals surface area contributed by atoms with Gasteiger partial charge in [-0.15, -0.1) is 0 Å². The van der Waals surface area contributed by atoms with Crippen LogP contribution in [0, 0.1) is 6.92 Å². The molecule has 0 radical (unpaired) electrons. The number of hydrogen-bond acceptors (Lipinski definition) is 3. The molecule has 0 aliphatic heterocycles. The van der Waals surface area contributed by atoms with Gasteiger partial charge in [-0.2, -0.15) is 11.8 Å². The number of aromatic nitrogens is 2. The molecule has 0 aromatic carbocycles. The molecule has 1 rings (SSSR count). The summed E-state index contributed by atoms with van der Waals surface area (Å²) < 4.78 is 2.27. The van der Waals surface area contributed by atoms with E-state index in [0.717, 1.165) is 23.9 Å². The highest BCUT2D eigenvalue weighted by Crippen LogP contribution is 2.19. The molecule has 0 saturated carbocycles. The molecule has 17 heavy (non-hydrogen) atoms. The van der Waals surface area contributed by atoms with Crippen molar-refractivity contribution in [2.75, 3.05) is 23.4 Å². The number of thioether (sulfide) groups is 1. The van der Waals surface area contributed by atoms with Gasteiger partial charge in [-0.1, -0.05) is 20.3 Å². The fraction of sp³-hybridized carbons (Fsp3) is 0.769. The van der Waals surface area contributed by atoms with Gasteiger partial charge in [-0.3, -0.25) is 0 Å². The molecular weight excluding hydrogens is 230 g/mol. The van der Waals surface area contributed by atoms with Crippen molar-refractivity contribution in [2.24, 2.45) is 0 Å². The Labute approximate surface area is 109 Å². The van der Waals surface area contributed by atoms with Crippen LogP contribution in [0.4, 0.5) is 5.95 Å². The molecule has 4 heteroatoms. The molecule has 0 fully saturated rings. The lowest BCUT2D eigenvalue weighted by molar-refractivity contribution is 0.612. The summed E-state index contributed by atoms with van der Waals surface area (Å²) in [5.41, 5.74) is 1.09. The molecule has 1 unspecified atom stereocenters.